The number of piperidine rings is 1. The molecule has 0 atom stereocenters. The van der Waals surface area contributed by atoms with Gasteiger partial charge >= 0.3 is 0 Å². The van der Waals surface area contributed by atoms with E-state index in [4.69, 9.17) is 9.73 Å². The Labute approximate surface area is 147 Å². The summed E-state index contributed by atoms with van der Waals surface area (Å²) in [6.07, 6.45) is 1.37. The molecule has 5 nitrogen and oxygen atoms in total. The summed E-state index contributed by atoms with van der Waals surface area (Å²) in [5.41, 5.74) is 2.71. The number of carbonyl (C=O) groups is 1. The van der Waals surface area contributed by atoms with Gasteiger partial charge in [0.25, 0.3) is 5.91 Å². The molecule has 1 amide bonds. The summed E-state index contributed by atoms with van der Waals surface area (Å²) in [6.45, 7) is 1.57. The molecule has 0 radical (unpaired) electrons. The van der Waals surface area contributed by atoms with E-state index in [0.717, 1.165) is 41.4 Å². The van der Waals surface area contributed by atoms with E-state index >= 15 is 0 Å². The minimum Gasteiger partial charge on any atom is -0.496 e. The Hall–Kier alpha value is -2.66. The number of anilines is 1. The van der Waals surface area contributed by atoms with E-state index in [1.54, 1.807) is 7.11 Å². The zero-order chi connectivity index (χ0) is 17.3. The number of fused-ring (bicyclic) bond motifs is 1. The van der Waals surface area contributed by atoms with Gasteiger partial charge in [-0.15, -0.1) is 0 Å². The molecule has 4 rings (SSSR count). The molecule has 2 aliphatic heterocycles. The van der Waals surface area contributed by atoms with Crippen molar-refractivity contribution in [2.45, 2.75) is 18.4 Å². The number of hydrogen-bond donors (Lipinski definition) is 2. The molecular formula is C20H21N3O2. The van der Waals surface area contributed by atoms with Crippen molar-refractivity contribution in [2.75, 3.05) is 25.5 Å². The highest BCUT2D eigenvalue weighted by molar-refractivity contribution is 6.21. The number of nitrogens with one attached hydrogen (secondary N) is 2. The second-order valence-corrected chi connectivity index (χ2v) is 6.44. The van der Waals surface area contributed by atoms with Gasteiger partial charge in [-0.1, -0.05) is 30.3 Å². The van der Waals surface area contributed by atoms with Crippen LogP contribution in [0.4, 0.5) is 5.69 Å². The number of aliphatic imine (C=N–C) groups is 1. The molecule has 0 bridgehead atoms. The summed E-state index contributed by atoms with van der Waals surface area (Å²) in [6, 6.07) is 15.7. The van der Waals surface area contributed by atoms with Crippen LogP contribution < -0.4 is 15.4 Å². The van der Waals surface area contributed by atoms with Gasteiger partial charge in [0.15, 0.2) is 0 Å². The third-order valence-corrected chi connectivity index (χ3v) is 4.97. The quantitative estimate of drug-likeness (QED) is 0.887. The Morgan fingerprint density at radius 3 is 2.44 bits per heavy atom. The van der Waals surface area contributed by atoms with Gasteiger partial charge in [0.1, 0.15) is 11.3 Å². The Bertz CT molecular complexity index is 838. The van der Waals surface area contributed by atoms with Crippen molar-refractivity contribution in [1.82, 2.24) is 5.32 Å². The molecule has 0 aromatic heterocycles. The average Bonchev–Trinajstić information content (AvgIpc) is 2.78. The van der Waals surface area contributed by atoms with E-state index in [0.29, 0.717) is 12.8 Å². The van der Waals surface area contributed by atoms with E-state index in [-0.39, 0.29) is 5.91 Å². The van der Waals surface area contributed by atoms with Gasteiger partial charge in [-0.05, 0) is 44.1 Å². The van der Waals surface area contributed by atoms with E-state index in [1.807, 2.05) is 48.5 Å². The fourth-order valence-corrected chi connectivity index (χ4v) is 3.59. The Morgan fingerprint density at radius 1 is 1.00 bits per heavy atom. The van der Waals surface area contributed by atoms with Gasteiger partial charge < -0.3 is 15.4 Å². The van der Waals surface area contributed by atoms with Crippen LogP contribution in [-0.2, 0) is 4.79 Å². The first-order valence-electron chi connectivity index (χ1n) is 8.58. The van der Waals surface area contributed by atoms with Gasteiger partial charge in [0.05, 0.1) is 18.5 Å². The first-order valence-corrected chi connectivity index (χ1v) is 8.58. The smallest absolute Gasteiger partial charge is 0.252 e. The first kappa shape index (κ1) is 15.8. The number of methoxy groups -OCH3 is 1. The lowest BCUT2D eigenvalue weighted by Crippen LogP contribution is -2.49. The van der Waals surface area contributed by atoms with Crippen molar-refractivity contribution < 1.29 is 9.53 Å². The molecule has 0 aliphatic carbocycles. The van der Waals surface area contributed by atoms with Crippen molar-refractivity contribution in [3.8, 4) is 5.75 Å². The number of rotatable bonds is 2. The molecule has 25 heavy (non-hydrogen) atoms. The molecular weight excluding hydrogens is 314 g/mol. The summed E-state index contributed by atoms with van der Waals surface area (Å²) < 4.78 is 5.56. The number of nitrogens with zero attached hydrogens (tertiary/aromatic N) is 1. The van der Waals surface area contributed by atoms with Crippen molar-refractivity contribution in [1.29, 1.82) is 0 Å². The molecule has 5 heteroatoms. The number of benzene rings is 2. The lowest BCUT2D eigenvalue weighted by molar-refractivity contribution is -0.121. The summed E-state index contributed by atoms with van der Waals surface area (Å²) in [5, 5.41) is 6.42. The molecule has 0 unspecified atom stereocenters. The minimum atomic E-state index is -0.736. The first-order chi connectivity index (χ1) is 12.2. The third-order valence-electron chi connectivity index (χ3n) is 4.97. The zero-order valence-electron chi connectivity index (χ0n) is 14.2. The number of amides is 1. The molecule has 128 valence electrons. The lowest BCUT2D eigenvalue weighted by Gasteiger charge is -2.32. The van der Waals surface area contributed by atoms with Crippen LogP contribution in [0.3, 0.4) is 0 Å². The van der Waals surface area contributed by atoms with Crippen molar-refractivity contribution in [3.05, 3.63) is 59.7 Å². The Balaban J connectivity index is 1.96. The SMILES string of the molecule is COc1ccccc1C1=NC2(CCNCC2)C(=O)Nc2ccccc21. The summed E-state index contributed by atoms with van der Waals surface area (Å²) in [7, 11) is 1.66. The molecule has 1 saturated heterocycles. The highest BCUT2D eigenvalue weighted by Gasteiger charge is 2.42. The van der Waals surface area contributed by atoms with Crippen LogP contribution in [0.25, 0.3) is 0 Å². The predicted molar refractivity (Wildman–Crippen MR) is 98.5 cm³/mol. The van der Waals surface area contributed by atoms with Crippen molar-refractivity contribution in [3.63, 3.8) is 0 Å². The maximum atomic E-state index is 13.0. The van der Waals surface area contributed by atoms with Gasteiger partial charge in [-0.3, -0.25) is 9.79 Å². The molecule has 2 aromatic rings. The second-order valence-electron chi connectivity index (χ2n) is 6.44. The zero-order valence-corrected chi connectivity index (χ0v) is 14.2. The number of ether oxygens (including phenoxy) is 1. The molecule has 2 aliphatic rings. The highest BCUT2D eigenvalue weighted by Crippen LogP contribution is 2.34. The second kappa shape index (κ2) is 6.33. The molecule has 0 saturated carbocycles. The molecule has 2 aromatic carbocycles. The summed E-state index contributed by atoms with van der Waals surface area (Å²) in [4.78, 5) is 18.1. The van der Waals surface area contributed by atoms with Gasteiger partial charge in [-0.2, -0.15) is 0 Å². The molecule has 1 spiro atoms. The summed E-state index contributed by atoms with van der Waals surface area (Å²) in [5.74, 6) is 0.737. The Morgan fingerprint density at radius 2 is 1.68 bits per heavy atom. The fourth-order valence-electron chi connectivity index (χ4n) is 3.59. The fraction of sp³-hybridized carbons (Fsp3) is 0.300. The standard InChI is InChI=1S/C20H21N3O2/c1-25-17-9-5-3-7-15(17)18-14-6-2-4-8-16(14)22-19(24)20(23-18)10-12-21-13-11-20/h2-9,21H,10-13H2,1H3,(H,22,24). The van der Waals surface area contributed by atoms with E-state index in [9.17, 15) is 4.79 Å². The predicted octanol–water partition coefficient (Wildman–Crippen LogP) is 2.61. The van der Waals surface area contributed by atoms with Crippen LogP contribution in [-0.4, -0.2) is 37.4 Å². The molecule has 2 N–H and O–H groups in total. The maximum absolute atomic E-state index is 13.0. The van der Waals surface area contributed by atoms with Gasteiger partial charge in [-0.25, -0.2) is 0 Å². The summed E-state index contributed by atoms with van der Waals surface area (Å²) >= 11 is 0. The Kier molecular flexibility index (Phi) is 4.01. The van der Waals surface area contributed by atoms with Gasteiger partial charge in [0, 0.05) is 11.1 Å². The van der Waals surface area contributed by atoms with Crippen LogP contribution in [0.1, 0.15) is 24.0 Å². The number of para-hydroxylation sites is 2. The molecule has 1 fully saturated rings. The third kappa shape index (κ3) is 2.70. The van der Waals surface area contributed by atoms with Crippen LogP contribution in [0, 0.1) is 0 Å². The molecule has 2 heterocycles. The van der Waals surface area contributed by atoms with Crippen LogP contribution in [0.5, 0.6) is 5.75 Å². The van der Waals surface area contributed by atoms with E-state index in [2.05, 4.69) is 10.6 Å². The maximum Gasteiger partial charge on any atom is 0.252 e. The monoisotopic (exact) mass is 335 g/mol. The van der Waals surface area contributed by atoms with Crippen LogP contribution in [0.2, 0.25) is 0 Å². The van der Waals surface area contributed by atoms with Crippen LogP contribution in [0.15, 0.2) is 53.5 Å². The topological polar surface area (TPSA) is 62.7 Å². The van der Waals surface area contributed by atoms with E-state index < -0.39 is 5.54 Å². The number of hydrogen-bond acceptors (Lipinski definition) is 4. The highest BCUT2D eigenvalue weighted by atomic mass is 16.5. The minimum absolute atomic E-state index is 0.0219. The lowest BCUT2D eigenvalue weighted by atomic mass is 9.87. The van der Waals surface area contributed by atoms with Crippen LogP contribution >= 0.6 is 0 Å². The number of carbonyl (C=O) groups excluding carboxylic acids is 1. The normalized spacial score (nSPS) is 18.8. The van der Waals surface area contributed by atoms with E-state index in [1.165, 1.54) is 0 Å². The van der Waals surface area contributed by atoms with Crippen molar-refractivity contribution >= 4 is 17.3 Å². The largest absolute Gasteiger partial charge is 0.496 e. The van der Waals surface area contributed by atoms with Gasteiger partial charge in [0.2, 0.25) is 0 Å². The average molecular weight is 335 g/mol. The van der Waals surface area contributed by atoms with Crippen molar-refractivity contribution in [2.24, 2.45) is 4.99 Å².